The average Bonchev–Trinajstić information content (AvgIpc) is 2.61. The van der Waals surface area contributed by atoms with Gasteiger partial charge in [-0.15, -0.1) is 0 Å². The summed E-state index contributed by atoms with van der Waals surface area (Å²) in [4.78, 5) is 14.0. The smallest absolute Gasteiger partial charge is 0.219 e. The third kappa shape index (κ3) is 3.27. The molecule has 1 heterocycles. The summed E-state index contributed by atoms with van der Waals surface area (Å²) in [5.41, 5.74) is 2.84. The molecule has 1 atom stereocenters. The third-order valence-electron chi connectivity index (χ3n) is 4.87. The minimum absolute atomic E-state index is 0.0197. The third-order valence-corrected chi connectivity index (χ3v) is 4.87. The first-order valence-corrected chi connectivity index (χ1v) is 8.47. The Labute approximate surface area is 152 Å². The maximum absolute atomic E-state index is 12.2. The average molecular weight is 357 g/mol. The normalized spacial score (nSPS) is 16.1. The Hall–Kier alpha value is -2.89. The second-order valence-corrected chi connectivity index (χ2v) is 6.41. The first-order chi connectivity index (χ1) is 12.4. The number of carbonyl (C=O) groups excluding carboxylic acids is 1. The quantitative estimate of drug-likeness (QED) is 0.880. The van der Waals surface area contributed by atoms with E-state index >= 15 is 0 Å². The van der Waals surface area contributed by atoms with Crippen LogP contribution in [-0.2, 0) is 17.6 Å². The number of aromatic hydroxyl groups is 2. The van der Waals surface area contributed by atoms with Gasteiger partial charge in [-0.3, -0.25) is 4.79 Å². The van der Waals surface area contributed by atoms with Crippen molar-refractivity contribution in [2.75, 3.05) is 20.8 Å². The van der Waals surface area contributed by atoms with Crippen LogP contribution < -0.4 is 9.47 Å². The maximum atomic E-state index is 12.2. The van der Waals surface area contributed by atoms with Crippen molar-refractivity contribution in [2.45, 2.75) is 25.8 Å². The van der Waals surface area contributed by atoms with Crippen LogP contribution in [0.1, 0.15) is 29.7 Å². The van der Waals surface area contributed by atoms with E-state index in [1.165, 1.54) is 14.2 Å². The molecule has 1 amide bonds. The molecule has 0 saturated heterocycles. The number of amides is 1. The van der Waals surface area contributed by atoms with Gasteiger partial charge in [-0.05, 0) is 53.8 Å². The summed E-state index contributed by atoms with van der Waals surface area (Å²) in [6, 6.07) is 8.51. The fourth-order valence-electron chi connectivity index (χ4n) is 3.56. The van der Waals surface area contributed by atoms with Gasteiger partial charge in [0.1, 0.15) is 0 Å². The van der Waals surface area contributed by atoms with Gasteiger partial charge in [-0.2, -0.15) is 0 Å². The second kappa shape index (κ2) is 7.15. The summed E-state index contributed by atoms with van der Waals surface area (Å²) >= 11 is 0. The molecule has 2 N–H and O–H groups in total. The summed E-state index contributed by atoms with van der Waals surface area (Å²) in [7, 11) is 3.02. The predicted octanol–water partition coefficient (Wildman–Crippen LogP) is 2.80. The Kier molecular flexibility index (Phi) is 4.93. The number of methoxy groups -OCH3 is 2. The zero-order chi connectivity index (χ0) is 18.8. The molecule has 1 aliphatic heterocycles. The maximum Gasteiger partial charge on any atom is 0.219 e. The second-order valence-electron chi connectivity index (χ2n) is 6.41. The molecule has 26 heavy (non-hydrogen) atoms. The van der Waals surface area contributed by atoms with E-state index in [1.807, 2.05) is 12.1 Å². The van der Waals surface area contributed by atoms with E-state index in [9.17, 15) is 15.0 Å². The minimum Gasteiger partial charge on any atom is -0.504 e. The monoisotopic (exact) mass is 357 g/mol. The lowest BCUT2D eigenvalue weighted by atomic mass is 9.88. The van der Waals surface area contributed by atoms with Crippen molar-refractivity contribution in [1.29, 1.82) is 0 Å². The molecule has 0 spiro atoms. The number of carbonyl (C=O) groups is 1. The highest BCUT2D eigenvalue weighted by Gasteiger charge is 2.30. The van der Waals surface area contributed by atoms with Crippen LogP contribution in [0.3, 0.4) is 0 Å². The van der Waals surface area contributed by atoms with Crippen LogP contribution in [0.2, 0.25) is 0 Å². The number of fused-ring (bicyclic) bond motifs is 1. The van der Waals surface area contributed by atoms with Gasteiger partial charge < -0.3 is 24.6 Å². The molecule has 3 rings (SSSR count). The van der Waals surface area contributed by atoms with Crippen LogP contribution in [0, 0.1) is 0 Å². The van der Waals surface area contributed by atoms with E-state index in [1.54, 1.807) is 30.0 Å². The minimum atomic E-state index is -0.221. The van der Waals surface area contributed by atoms with E-state index in [0.717, 1.165) is 16.7 Å². The zero-order valence-corrected chi connectivity index (χ0v) is 15.2. The highest BCUT2D eigenvalue weighted by molar-refractivity contribution is 5.74. The number of phenols is 2. The molecular weight excluding hydrogens is 334 g/mol. The summed E-state index contributed by atoms with van der Waals surface area (Å²) in [6.07, 6.45) is 1.23. The number of hydrogen-bond acceptors (Lipinski definition) is 5. The van der Waals surface area contributed by atoms with Gasteiger partial charge in [0, 0.05) is 13.5 Å². The molecule has 6 nitrogen and oxygen atoms in total. The number of nitrogens with zero attached hydrogens (tertiary/aromatic N) is 1. The molecule has 2 aromatic rings. The van der Waals surface area contributed by atoms with Gasteiger partial charge in [0.15, 0.2) is 23.0 Å². The molecule has 0 aliphatic carbocycles. The number of ether oxygens (including phenoxy) is 2. The lowest BCUT2D eigenvalue weighted by Crippen LogP contribution is -2.39. The molecule has 1 unspecified atom stereocenters. The standard InChI is InChI=1S/C20H23NO5/c1-12(22)21-7-6-14-10-20(26-3)18(24)11-15(14)16(21)8-13-4-5-19(25-2)17(23)9-13/h4-5,9-11,16,23-24H,6-8H2,1-3H3. The molecule has 138 valence electrons. The largest absolute Gasteiger partial charge is 0.504 e. The van der Waals surface area contributed by atoms with Crippen LogP contribution in [0.5, 0.6) is 23.0 Å². The zero-order valence-electron chi connectivity index (χ0n) is 15.2. The van der Waals surface area contributed by atoms with E-state index in [-0.39, 0.29) is 23.4 Å². The fourth-order valence-corrected chi connectivity index (χ4v) is 3.56. The van der Waals surface area contributed by atoms with E-state index in [4.69, 9.17) is 9.47 Å². The summed E-state index contributed by atoms with van der Waals surface area (Å²) in [5.74, 6) is 0.936. The van der Waals surface area contributed by atoms with Crippen molar-refractivity contribution in [3.8, 4) is 23.0 Å². The molecule has 0 radical (unpaired) electrons. The summed E-state index contributed by atoms with van der Waals surface area (Å²) in [6.45, 7) is 2.15. The lowest BCUT2D eigenvalue weighted by molar-refractivity contribution is -0.131. The van der Waals surface area contributed by atoms with Crippen LogP contribution in [0.15, 0.2) is 30.3 Å². The SMILES string of the molecule is COc1ccc(CC2c3cc(O)c(OC)cc3CCN2C(C)=O)cc1O. The van der Waals surface area contributed by atoms with Gasteiger partial charge in [-0.25, -0.2) is 0 Å². The topological polar surface area (TPSA) is 79.2 Å². The molecule has 2 aromatic carbocycles. The molecule has 0 bridgehead atoms. The van der Waals surface area contributed by atoms with Gasteiger partial charge in [0.25, 0.3) is 0 Å². The number of rotatable bonds is 4. The Bertz CT molecular complexity index is 833. The van der Waals surface area contributed by atoms with Gasteiger partial charge in [-0.1, -0.05) is 6.07 Å². The number of hydrogen-bond donors (Lipinski definition) is 2. The molecule has 1 aliphatic rings. The van der Waals surface area contributed by atoms with Crippen LogP contribution in [0.25, 0.3) is 0 Å². The Morgan fingerprint density at radius 3 is 2.42 bits per heavy atom. The molecular formula is C20H23NO5. The van der Waals surface area contributed by atoms with E-state index in [0.29, 0.717) is 30.9 Å². The van der Waals surface area contributed by atoms with Crippen LogP contribution in [-0.4, -0.2) is 41.8 Å². The van der Waals surface area contributed by atoms with Crippen LogP contribution in [0.4, 0.5) is 0 Å². The predicted molar refractivity (Wildman–Crippen MR) is 96.9 cm³/mol. The first kappa shape index (κ1) is 17.9. The number of benzene rings is 2. The highest BCUT2D eigenvalue weighted by Crippen LogP contribution is 2.39. The summed E-state index contributed by atoms with van der Waals surface area (Å²) < 4.78 is 10.3. The van der Waals surface area contributed by atoms with Gasteiger partial charge in [0.05, 0.1) is 20.3 Å². The molecule has 0 saturated carbocycles. The fraction of sp³-hybridized carbons (Fsp3) is 0.350. The molecule has 6 heteroatoms. The van der Waals surface area contributed by atoms with Crippen molar-refractivity contribution < 1.29 is 24.5 Å². The van der Waals surface area contributed by atoms with Crippen molar-refractivity contribution in [1.82, 2.24) is 4.90 Å². The van der Waals surface area contributed by atoms with Crippen LogP contribution >= 0.6 is 0 Å². The van der Waals surface area contributed by atoms with Crippen molar-refractivity contribution in [2.24, 2.45) is 0 Å². The highest BCUT2D eigenvalue weighted by atomic mass is 16.5. The van der Waals surface area contributed by atoms with E-state index in [2.05, 4.69) is 0 Å². The van der Waals surface area contributed by atoms with Gasteiger partial charge >= 0.3 is 0 Å². The van der Waals surface area contributed by atoms with Crippen molar-refractivity contribution >= 4 is 5.91 Å². The first-order valence-electron chi connectivity index (χ1n) is 8.47. The molecule has 0 fully saturated rings. The van der Waals surface area contributed by atoms with E-state index < -0.39 is 0 Å². The Balaban J connectivity index is 2.01. The Morgan fingerprint density at radius 1 is 1.12 bits per heavy atom. The Morgan fingerprint density at radius 2 is 1.81 bits per heavy atom. The van der Waals surface area contributed by atoms with Crippen molar-refractivity contribution in [3.05, 3.63) is 47.0 Å². The lowest BCUT2D eigenvalue weighted by Gasteiger charge is -2.37. The molecule has 0 aromatic heterocycles. The summed E-state index contributed by atoms with van der Waals surface area (Å²) in [5, 5.41) is 20.2. The van der Waals surface area contributed by atoms with Gasteiger partial charge in [0.2, 0.25) is 5.91 Å². The van der Waals surface area contributed by atoms with Crippen molar-refractivity contribution in [3.63, 3.8) is 0 Å². The number of phenolic OH excluding ortho intramolecular Hbond substituents is 2.